The van der Waals surface area contributed by atoms with Gasteiger partial charge in [-0.3, -0.25) is 0 Å². The van der Waals surface area contributed by atoms with Crippen molar-refractivity contribution in [1.82, 2.24) is 0 Å². The lowest BCUT2D eigenvalue weighted by Gasteiger charge is -2.54. The summed E-state index contributed by atoms with van der Waals surface area (Å²) in [4.78, 5) is 0. The Morgan fingerprint density at radius 2 is 0.750 bits per heavy atom. The summed E-state index contributed by atoms with van der Waals surface area (Å²) in [6, 6.07) is 11.6. The fourth-order valence-corrected chi connectivity index (χ4v) is 18.4. The molecule has 0 radical (unpaired) electrons. The first kappa shape index (κ1) is 37.8. The largest absolute Gasteiger partial charge is 0.673 e. The molecule has 1 aliphatic rings. The monoisotopic (exact) mass is 754 g/mol. The predicted molar refractivity (Wildman–Crippen MR) is 186 cm³/mol. The second-order valence-corrected chi connectivity index (χ2v) is 21.9. The Hall–Kier alpha value is -3.99. The Bertz CT molecular complexity index is 2180. The van der Waals surface area contributed by atoms with E-state index in [9.17, 15) is 26.3 Å². The Labute approximate surface area is 294 Å². The van der Waals surface area contributed by atoms with Gasteiger partial charge in [-0.25, -0.2) is 43.9 Å². The minimum Gasteiger partial charge on any atom is -0.673 e. The van der Waals surface area contributed by atoms with Crippen LogP contribution in [0.4, 0.5) is 43.9 Å². The molecule has 0 saturated carbocycles. The van der Waals surface area contributed by atoms with Crippen LogP contribution in [-0.2, 0) is 0 Å². The van der Waals surface area contributed by atoms with Crippen LogP contribution < -0.4 is 25.5 Å². The molecule has 0 N–H and O–H groups in total. The van der Waals surface area contributed by atoms with Gasteiger partial charge in [-0.2, -0.15) is 0 Å². The molecule has 0 fully saturated rings. The predicted octanol–water partition coefficient (Wildman–Crippen LogP) is 10.5. The highest BCUT2D eigenvalue weighted by atomic mass is 31.2. The second kappa shape index (κ2) is 11.8. The van der Waals surface area contributed by atoms with Crippen LogP contribution in [0, 0.1) is 58.2 Å². The maximum Gasteiger partial charge on any atom is 0.418 e. The molecule has 5 aromatic carbocycles. The minimum atomic E-state index is -4.96. The lowest BCUT2D eigenvalue weighted by atomic mass is 9.45. The van der Waals surface area contributed by atoms with E-state index in [0.717, 1.165) is 5.30 Å². The minimum absolute atomic E-state index is 0.102. The molecule has 1 aliphatic heterocycles. The standard InChI is InChI=1S/C38H34BF10O2P/c1-36(2,3)52(37(4,5)6,38(7,8)9)17-14-15-20-21(16-17)18-12-10-11-13-19(18)34-35(20)51-39(50-34,22-24(40)28(44)32(48)29(45)25(22)41)23-26(42)30(46)33(49)31(47)27(23)43/h10-16H,1-9H3. The zero-order valence-electron chi connectivity index (χ0n) is 29.7. The first-order chi connectivity index (χ1) is 23.9. The van der Waals surface area contributed by atoms with Crippen LogP contribution in [-0.4, -0.2) is 22.0 Å². The summed E-state index contributed by atoms with van der Waals surface area (Å²) < 4.78 is 162. The van der Waals surface area contributed by atoms with Crippen LogP contribution in [0.2, 0.25) is 0 Å². The summed E-state index contributed by atoms with van der Waals surface area (Å²) in [5.41, 5.74) is -4.13. The molecule has 0 unspecified atom stereocenters. The summed E-state index contributed by atoms with van der Waals surface area (Å²) in [6.07, 6.45) is 0. The third-order valence-electron chi connectivity index (χ3n) is 10.1. The highest BCUT2D eigenvalue weighted by Gasteiger charge is 2.66. The van der Waals surface area contributed by atoms with Gasteiger partial charge in [0.15, 0.2) is 34.9 Å². The third-order valence-corrected chi connectivity index (χ3v) is 17.2. The van der Waals surface area contributed by atoms with Crippen molar-refractivity contribution in [1.29, 1.82) is 0 Å². The molecule has 276 valence electrons. The second-order valence-electron chi connectivity index (χ2n) is 16.0. The molecular weight excluding hydrogens is 720 g/mol. The van der Waals surface area contributed by atoms with Gasteiger partial charge in [-0.1, -0.05) is 24.3 Å². The van der Waals surface area contributed by atoms with Crippen molar-refractivity contribution in [2.45, 2.75) is 77.8 Å². The molecule has 52 heavy (non-hydrogen) atoms. The van der Waals surface area contributed by atoms with Crippen LogP contribution >= 0.6 is 7.26 Å². The summed E-state index contributed by atoms with van der Waals surface area (Å²) in [5.74, 6) is -27.1. The number of rotatable bonds is 3. The molecule has 0 bridgehead atoms. The first-order valence-corrected chi connectivity index (χ1v) is 18.1. The fourth-order valence-electron chi connectivity index (χ4n) is 9.38. The average Bonchev–Trinajstić information content (AvgIpc) is 3.44. The van der Waals surface area contributed by atoms with E-state index < -0.39 is 94.4 Å². The molecule has 0 saturated heterocycles. The van der Waals surface area contributed by atoms with Crippen LogP contribution in [0.15, 0.2) is 42.5 Å². The van der Waals surface area contributed by atoms with Crippen molar-refractivity contribution in [2.24, 2.45) is 0 Å². The maximum atomic E-state index is 15.7. The number of hydrogen-bond donors (Lipinski definition) is 0. The number of fused-ring (bicyclic) bond motifs is 6. The SMILES string of the molecule is CC(C)(C)[P+](c1ccc2c3c(c4ccccc4c2c1)O[B-](c1c(F)c(F)c(F)c(F)c1F)(c1c(F)c(F)c(F)c(F)c1F)O3)(C(C)(C)C)C(C)(C)C. The lowest BCUT2D eigenvalue weighted by Crippen LogP contribution is -2.70. The van der Waals surface area contributed by atoms with Crippen LogP contribution in [0.3, 0.4) is 0 Å². The van der Waals surface area contributed by atoms with Crippen molar-refractivity contribution < 1.29 is 53.2 Å². The molecule has 0 aromatic heterocycles. The molecule has 0 spiro atoms. The third kappa shape index (κ3) is 4.82. The van der Waals surface area contributed by atoms with Gasteiger partial charge in [0.2, 0.25) is 0 Å². The molecule has 0 amide bonds. The molecule has 14 heteroatoms. The smallest absolute Gasteiger partial charge is 0.418 e. The molecule has 1 heterocycles. The van der Waals surface area contributed by atoms with Gasteiger partial charge in [0.25, 0.3) is 0 Å². The van der Waals surface area contributed by atoms with Crippen molar-refractivity contribution in [2.75, 3.05) is 0 Å². The zero-order valence-corrected chi connectivity index (χ0v) is 30.6. The molecule has 0 aliphatic carbocycles. The molecular formula is C38H34BF10O2P. The molecule has 5 aromatic rings. The Kier molecular flexibility index (Phi) is 8.54. The molecule has 2 nitrogen and oxygen atoms in total. The van der Waals surface area contributed by atoms with Gasteiger partial charge < -0.3 is 9.31 Å². The zero-order chi connectivity index (χ0) is 38.8. The first-order valence-electron chi connectivity index (χ1n) is 16.3. The van der Waals surface area contributed by atoms with Gasteiger partial charge in [0.1, 0.15) is 34.8 Å². The summed E-state index contributed by atoms with van der Waals surface area (Å²) >= 11 is 0. The van der Waals surface area contributed by atoms with Gasteiger partial charge in [0.05, 0.1) is 28.0 Å². The highest BCUT2D eigenvalue weighted by molar-refractivity contribution is 7.86. The fraction of sp³-hybridized carbons (Fsp3) is 0.316. The molecule has 0 atom stereocenters. The Balaban J connectivity index is 1.79. The average molecular weight is 754 g/mol. The van der Waals surface area contributed by atoms with E-state index in [1.54, 1.807) is 18.2 Å². The van der Waals surface area contributed by atoms with Crippen molar-refractivity contribution in [3.05, 3.63) is 101 Å². The number of hydrogen-bond acceptors (Lipinski definition) is 2. The van der Waals surface area contributed by atoms with Crippen LogP contribution in [0.25, 0.3) is 21.5 Å². The maximum absolute atomic E-state index is 15.7. The summed E-state index contributed by atoms with van der Waals surface area (Å²) in [5, 5.41) is 1.23. The number of benzene rings is 5. The van der Waals surface area contributed by atoms with Gasteiger partial charge in [0, 0.05) is 10.8 Å². The van der Waals surface area contributed by atoms with Crippen LogP contribution in [0.1, 0.15) is 62.3 Å². The van der Waals surface area contributed by atoms with Gasteiger partial charge >= 0.3 is 6.55 Å². The summed E-state index contributed by atoms with van der Waals surface area (Å²) in [7, 11) is -2.29. The van der Waals surface area contributed by atoms with Crippen molar-refractivity contribution >= 4 is 51.6 Å². The van der Waals surface area contributed by atoms with E-state index >= 15 is 17.6 Å². The normalized spacial score (nSPS) is 14.9. The number of halogens is 10. The van der Waals surface area contributed by atoms with E-state index in [1.807, 2.05) is 12.1 Å². The molecule has 6 rings (SSSR count). The van der Waals surface area contributed by atoms with Crippen molar-refractivity contribution in [3.63, 3.8) is 0 Å². The van der Waals surface area contributed by atoms with E-state index in [2.05, 4.69) is 62.3 Å². The van der Waals surface area contributed by atoms with Gasteiger partial charge in [-0.15, -0.1) is 0 Å². The van der Waals surface area contributed by atoms with Crippen LogP contribution in [0.5, 0.6) is 11.5 Å². The topological polar surface area (TPSA) is 18.5 Å². The van der Waals surface area contributed by atoms with E-state index in [0.29, 0.717) is 10.8 Å². The van der Waals surface area contributed by atoms with Crippen molar-refractivity contribution in [3.8, 4) is 11.5 Å². The quantitative estimate of drug-likeness (QED) is 0.0456. The van der Waals surface area contributed by atoms with E-state index in [4.69, 9.17) is 9.31 Å². The Morgan fingerprint density at radius 3 is 1.12 bits per heavy atom. The lowest BCUT2D eigenvalue weighted by molar-refractivity contribution is 0.372. The van der Waals surface area contributed by atoms with Gasteiger partial charge in [-0.05, 0) is 102 Å². The highest BCUT2D eigenvalue weighted by Crippen LogP contribution is 2.82. The van der Waals surface area contributed by atoms with E-state index in [1.165, 1.54) is 12.1 Å². The summed E-state index contributed by atoms with van der Waals surface area (Å²) in [6.45, 7) is 14.4. The Morgan fingerprint density at radius 1 is 0.423 bits per heavy atom. The van der Waals surface area contributed by atoms with E-state index in [-0.39, 0.29) is 26.2 Å².